The Morgan fingerprint density at radius 1 is 1.12 bits per heavy atom. The monoisotopic (exact) mass is 382 g/mol. The van der Waals surface area contributed by atoms with Crippen molar-refractivity contribution in [2.24, 2.45) is 11.7 Å². The molecule has 6 nitrogen and oxygen atoms in total. The first-order valence-corrected chi connectivity index (χ1v) is 8.63. The molecule has 2 aliphatic rings. The number of likely N-dealkylation sites (tertiary alicyclic amines) is 1. The van der Waals surface area contributed by atoms with Crippen molar-refractivity contribution >= 4 is 36.6 Å². The second kappa shape index (κ2) is 11.9. The number of hydrogen-bond donors (Lipinski definition) is 3. The first-order valence-electron chi connectivity index (χ1n) is 8.63. The van der Waals surface area contributed by atoms with Gasteiger partial charge in [0.25, 0.3) is 0 Å². The van der Waals surface area contributed by atoms with Gasteiger partial charge in [0.1, 0.15) is 0 Å². The largest absolute Gasteiger partial charge is 0.355 e. The Morgan fingerprint density at radius 2 is 1.79 bits per heavy atom. The summed E-state index contributed by atoms with van der Waals surface area (Å²) >= 11 is 0. The highest BCUT2D eigenvalue weighted by Gasteiger charge is 2.30. The molecule has 1 heterocycles. The maximum Gasteiger partial charge on any atom is 0.234 e. The van der Waals surface area contributed by atoms with Gasteiger partial charge in [0, 0.05) is 37.6 Å². The second-order valence-electron chi connectivity index (χ2n) is 6.68. The third-order valence-corrected chi connectivity index (χ3v) is 4.72. The van der Waals surface area contributed by atoms with Gasteiger partial charge >= 0.3 is 0 Å². The number of carbonyl (C=O) groups is 2. The summed E-state index contributed by atoms with van der Waals surface area (Å²) in [6, 6.07) is 0.443. The average Bonchev–Trinajstić information content (AvgIpc) is 2.94. The van der Waals surface area contributed by atoms with Crippen LogP contribution in [0.25, 0.3) is 0 Å². The number of rotatable bonds is 6. The van der Waals surface area contributed by atoms with Crippen LogP contribution in [0, 0.1) is 5.92 Å². The van der Waals surface area contributed by atoms with Crippen molar-refractivity contribution < 1.29 is 9.59 Å². The maximum atomic E-state index is 12.2. The molecule has 1 saturated carbocycles. The van der Waals surface area contributed by atoms with Crippen LogP contribution in [-0.2, 0) is 9.59 Å². The molecule has 24 heavy (non-hydrogen) atoms. The van der Waals surface area contributed by atoms with E-state index >= 15 is 0 Å². The third-order valence-electron chi connectivity index (χ3n) is 4.72. The van der Waals surface area contributed by atoms with E-state index in [-0.39, 0.29) is 54.6 Å². The summed E-state index contributed by atoms with van der Waals surface area (Å²) in [5.74, 6) is 0.379. The number of hydrogen-bond acceptors (Lipinski definition) is 4. The van der Waals surface area contributed by atoms with Crippen molar-refractivity contribution in [1.82, 2.24) is 15.5 Å². The predicted molar refractivity (Wildman–Crippen MR) is 101 cm³/mol. The minimum Gasteiger partial charge on any atom is -0.355 e. The van der Waals surface area contributed by atoms with E-state index in [4.69, 9.17) is 5.73 Å². The van der Waals surface area contributed by atoms with Gasteiger partial charge in [0.15, 0.2) is 0 Å². The Balaban J connectivity index is 0.00000264. The Kier molecular flexibility index (Phi) is 11.6. The summed E-state index contributed by atoms with van der Waals surface area (Å²) in [5, 5.41) is 6.07. The number of nitrogens with zero attached hydrogens (tertiary/aromatic N) is 1. The molecule has 0 aromatic rings. The molecule has 0 radical (unpaired) electrons. The molecule has 0 bridgehead atoms. The number of halogens is 2. The summed E-state index contributed by atoms with van der Waals surface area (Å²) in [4.78, 5) is 26.1. The zero-order valence-electron chi connectivity index (χ0n) is 14.5. The van der Waals surface area contributed by atoms with E-state index in [0.717, 1.165) is 58.2 Å². The minimum absolute atomic E-state index is 0. The smallest absolute Gasteiger partial charge is 0.234 e. The van der Waals surface area contributed by atoms with Crippen molar-refractivity contribution in [3.8, 4) is 0 Å². The summed E-state index contributed by atoms with van der Waals surface area (Å²) in [6.07, 6.45) is 5.51. The molecule has 2 fully saturated rings. The first kappa shape index (κ1) is 23.4. The normalized spacial score (nSPS) is 24.6. The van der Waals surface area contributed by atoms with Crippen LogP contribution in [0.5, 0.6) is 0 Å². The molecule has 0 spiro atoms. The fourth-order valence-electron chi connectivity index (χ4n) is 3.33. The van der Waals surface area contributed by atoms with Gasteiger partial charge in [-0.3, -0.25) is 14.5 Å². The van der Waals surface area contributed by atoms with Crippen molar-refractivity contribution in [3.63, 3.8) is 0 Å². The SMILES string of the molecule is CCCNC(=O)CN1CCC(NC(=O)C2CCC(N)C2)CC1.Cl.Cl. The quantitative estimate of drug-likeness (QED) is 0.640. The summed E-state index contributed by atoms with van der Waals surface area (Å²) < 4.78 is 0. The average molecular weight is 383 g/mol. The lowest BCUT2D eigenvalue weighted by atomic mass is 10.0. The zero-order chi connectivity index (χ0) is 15.9. The van der Waals surface area contributed by atoms with Gasteiger partial charge in [-0.05, 0) is 38.5 Å². The van der Waals surface area contributed by atoms with Crippen LogP contribution in [0.4, 0.5) is 0 Å². The van der Waals surface area contributed by atoms with Gasteiger partial charge in [-0.2, -0.15) is 0 Å². The van der Waals surface area contributed by atoms with Gasteiger partial charge in [0.05, 0.1) is 6.54 Å². The van der Waals surface area contributed by atoms with Crippen LogP contribution >= 0.6 is 24.8 Å². The van der Waals surface area contributed by atoms with Gasteiger partial charge in [-0.1, -0.05) is 6.92 Å². The van der Waals surface area contributed by atoms with Crippen LogP contribution in [0.3, 0.4) is 0 Å². The minimum atomic E-state index is 0. The molecular formula is C16H32Cl2N4O2. The molecule has 2 atom stereocenters. The third kappa shape index (κ3) is 7.55. The molecule has 0 aromatic heterocycles. The molecular weight excluding hydrogens is 351 g/mol. The number of nitrogens with two attached hydrogens (primary N) is 1. The highest BCUT2D eigenvalue weighted by atomic mass is 35.5. The van der Waals surface area contributed by atoms with E-state index in [1.54, 1.807) is 0 Å². The second-order valence-corrected chi connectivity index (χ2v) is 6.68. The first-order chi connectivity index (χ1) is 10.6. The Morgan fingerprint density at radius 3 is 2.33 bits per heavy atom. The number of nitrogens with one attached hydrogen (secondary N) is 2. The number of carbonyl (C=O) groups excluding carboxylic acids is 2. The molecule has 2 unspecified atom stereocenters. The molecule has 1 aliphatic carbocycles. The number of piperidine rings is 1. The van der Waals surface area contributed by atoms with Gasteiger partial charge < -0.3 is 16.4 Å². The topological polar surface area (TPSA) is 87.5 Å². The van der Waals surface area contributed by atoms with Crippen LogP contribution in [0.1, 0.15) is 45.4 Å². The van der Waals surface area contributed by atoms with Crippen molar-refractivity contribution in [2.45, 2.75) is 57.5 Å². The molecule has 2 rings (SSSR count). The lowest BCUT2D eigenvalue weighted by Crippen LogP contribution is -2.48. The van der Waals surface area contributed by atoms with Crippen LogP contribution in [-0.4, -0.2) is 55.0 Å². The highest BCUT2D eigenvalue weighted by Crippen LogP contribution is 2.24. The zero-order valence-corrected chi connectivity index (χ0v) is 16.1. The summed E-state index contributed by atoms with van der Waals surface area (Å²) in [6.45, 7) is 5.00. The van der Waals surface area contributed by atoms with Crippen LogP contribution in [0.15, 0.2) is 0 Å². The fraction of sp³-hybridized carbons (Fsp3) is 0.875. The molecule has 1 saturated heterocycles. The molecule has 8 heteroatoms. The maximum absolute atomic E-state index is 12.2. The standard InChI is InChI=1S/C16H30N4O2.2ClH/c1-2-7-18-15(21)11-20-8-5-14(6-9-20)19-16(22)12-3-4-13(17)10-12;;/h12-14H,2-11,17H2,1H3,(H,18,21)(H,19,22);2*1H. The van der Waals surface area contributed by atoms with Gasteiger partial charge in [-0.25, -0.2) is 0 Å². The highest BCUT2D eigenvalue weighted by molar-refractivity contribution is 5.85. The fourth-order valence-corrected chi connectivity index (χ4v) is 3.33. The van der Waals surface area contributed by atoms with Gasteiger partial charge in [-0.15, -0.1) is 24.8 Å². The Labute approximate surface area is 157 Å². The number of amides is 2. The van der Waals surface area contributed by atoms with E-state index in [2.05, 4.69) is 15.5 Å². The molecule has 142 valence electrons. The van der Waals surface area contributed by atoms with Crippen molar-refractivity contribution in [1.29, 1.82) is 0 Å². The predicted octanol–water partition coefficient (Wildman–Crippen LogP) is 1.06. The van der Waals surface area contributed by atoms with E-state index in [9.17, 15) is 9.59 Å². The van der Waals surface area contributed by atoms with Gasteiger partial charge in [0.2, 0.25) is 11.8 Å². The summed E-state index contributed by atoms with van der Waals surface area (Å²) in [5.41, 5.74) is 5.87. The Hall–Kier alpha value is -0.560. The lowest BCUT2D eigenvalue weighted by Gasteiger charge is -2.32. The van der Waals surface area contributed by atoms with Crippen molar-refractivity contribution in [2.75, 3.05) is 26.2 Å². The van der Waals surface area contributed by atoms with Crippen molar-refractivity contribution in [3.05, 3.63) is 0 Å². The van der Waals surface area contributed by atoms with Crippen LogP contribution < -0.4 is 16.4 Å². The summed E-state index contributed by atoms with van der Waals surface area (Å²) in [7, 11) is 0. The molecule has 2 amide bonds. The lowest BCUT2D eigenvalue weighted by molar-refractivity contribution is -0.126. The van der Waals surface area contributed by atoms with E-state index in [1.165, 1.54) is 0 Å². The molecule has 0 aromatic carbocycles. The van der Waals surface area contributed by atoms with E-state index in [1.807, 2.05) is 6.92 Å². The van der Waals surface area contributed by atoms with E-state index < -0.39 is 0 Å². The molecule has 1 aliphatic heterocycles. The molecule has 4 N–H and O–H groups in total. The van der Waals surface area contributed by atoms with Crippen LogP contribution in [0.2, 0.25) is 0 Å². The van der Waals surface area contributed by atoms with E-state index in [0.29, 0.717) is 6.54 Å². The Bertz CT molecular complexity index is 390.